The Kier molecular flexibility index (Phi) is 4.85. The molecule has 0 radical (unpaired) electrons. The van der Waals surface area contributed by atoms with E-state index in [4.69, 9.17) is 16.2 Å². The van der Waals surface area contributed by atoms with Crippen LogP contribution in [0, 0.1) is 0 Å². The van der Waals surface area contributed by atoms with Gasteiger partial charge in [-0.1, -0.05) is 18.2 Å². The lowest BCUT2D eigenvalue weighted by Gasteiger charge is -2.04. The minimum absolute atomic E-state index is 0.200. The van der Waals surface area contributed by atoms with Gasteiger partial charge in [-0.05, 0) is 18.6 Å². The van der Waals surface area contributed by atoms with Gasteiger partial charge in [0, 0.05) is 6.42 Å². The molecule has 16 heavy (non-hydrogen) atoms. The number of nitrogens with zero attached hydrogens (tertiary/aromatic N) is 1. The Morgan fingerprint density at radius 1 is 1.25 bits per heavy atom. The highest BCUT2D eigenvalue weighted by Crippen LogP contribution is 2.08. The maximum atomic E-state index is 11.1. The predicted molar refractivity (Wildman–Crippen MR) is 62.0 cm³/mol. The summed E-state index contributed by atoms with van der Waals surface area (Å²) in [6, 6.07) is 9.41. The van der Waals surface area contributed by atoms with Crippen molar-refractivity contribution in [3.63, 3.8) is 0 Å². The van der Waals surface area contributed by atoms with Crippen molar-refractivity contribution in [2.45, 2.75) is 12.8 Å². The van der Waals surface area contributed by atoms with Gasteiger partial charge >= 0.3 is 0 Å². The van der Waals surface area contributed by atoms with E-state index in [-0.39, 0.29) is 18.3 Å². The minimum Gasteiger partial charge on any atom is -0.494 e. The Morgan fingerprint density at radius 2 is 1.94 bits per heavy atom. The fourth-order valence-electron chi connectivity index (χ4n) is 1.13. The van der Waals surface area contributed by atoms with E-state index in [1.807, 2.05) is 30.3 Å². The molecule has 0 atom stereocenters. The molecule has 0 heterocycles. The zero-order valence-electron chi connectivity index (χ0n) is 8.93. The van der Waals surface area contributed by atoms with Crippen molar-refractivity contribution in [1.82, 2.24) is 0 Å². The molecule has 4 N–H and O–H groups in total. The van der Waals surface area contributed by atoms with Gasteiger partial charge in [0.25, 0.3) is 0 Å². The fraction of sp³-hybridized carbons (Fsp3) is 0.273. The molecule has 86 valence electrons. The van der Waals surface area contributed by atoms with Crippen LogP contribution < -0.4 is 16.2 Å². The Bertz CT molecular complexity index is 359. The highest BCUT2D eigenvalue weighted by Gasteiger charge is 1.99. The number of para-hydroxylation sites is 1. The van der Waals surface area contributed by atoms with E-state index < -0.39 is 0 Å². The second-order valence-electron chi connectivity index (χ2n) is 3.20. The largest absolute Gasteiger partial charge is 0.494 e. The number of ether oxygens (including phenoxy) is 1. The van der Waals surface area contributed by atoms with Crippen LogP contribution in [0.1, 0.15) is 12.8 Å². The van der Waals surface area contributed by atoms with Crippen LogP contribution in [0.2, 0.25) is 0 Å². The second kappa shape index (κ2) is 6.44. The number of hydrogen-bond acceptors (Lipinski definition) is 2. The Morgan fingerprint density at radius 3 is 2.56 bits per heavy atom. The van der Waals surface area contributed by atoms with Gasteiger partial charge in [0.2, 0.25) is 5.91 Å². The van der Waals surface area contributed by atoms with Gasteiger partial charge < -0.3 is 16.2 Å². The molecule has 0 saturated heterocycles. The van der Waals surface area contributed by atoms with E-state index in [1.54, 1.807) is 0 Å². The molecule has 0 bridgehead atoms. The molecule has 5 nitrogen and oxygen atoms in total. The first kappa shape index (κ1) is 12.0. The first-order valence-electron chi connectivity index (χ1n) is 4.99. The lowest BCUT2D eigenvalue weighted by molar-refractivity contribution is -0.118. The Hall–Kier alpha value is -2.04. The molecule has 0 aromatic heterocycles. The number of rotatable bonds is 5. The molecule has 1 amide bonds. The normalized spacial score (nSPS) is 9.50. The van der Waals surface area contributed by atoms with E-state index in [0.717, 1.165) is 5.75 Å². The van der Waals surface area contributed by atoms with Crippen molar-refractivity contribution in [2.24, 2.45) is 16.5 Å². The van der Waals surface area contributed by atoms with Crippen molar-refractivity contribution in [1.29, 1.82) is 0 Å². The molecule has 0 unspecified atom stereocenters. The monoisotopic (exact) mass is 221 g/mol. The van der Waals surface area contributed by atoms with E-state index in [1.165, 1.54) is 0 Å². The van der Waals surface area contributed by atoms with Crippen LogP contribution in [0.3, 0.4) is 0 Å². The molecule has 5 heteroatoms. The second-order valence-corrected chi connectivity index (χ2v) is 3.20. The molecular formula is C11H15N3O2. The van der Waals surface area contributed by atoms with Crippen LogP contribution in [0.5, 0.6) is 5.75 Å². The first-order chi connectivity index (χ1) is 7.68. The summed E-state index contributed by atoms with van der Waals surface area (Å²) in [6.45, 7) is 0.468. The lowest BCUT2D eigenvalue weighted by Crippen LogP contribution is -2.24. The molecule has 1 aromatic rings. The average molecular weight is 221 g/mol. The van der Waals surface area contributed by atoms with Crippen molar-refractivity contribution >= 4 is 11.9 Å². The molecule has 1 rings (SSSR count). The van der Waals surface area contributed by atoms with Crippen molar-refractivity contribution in [3.05, 3.63) is 30.3 Å². The van der Waals surface area contributed by atoms with E-state index >= 15 is 0 Å². The SMILES string of the molecule is NC(N)=NC(=O)CCCOc1ccccc1. The van der Waals surface area contributed by atoms with Crippen molar-refractivity contribution in [2.75, 3.05) is 6.61 Å². The number of guanidine groups is 1. The number of amides is 1. The summed E-state index contributed by atoms with van der Waals surface area (Å²) < 4.78 is 5.40. The van der Waals surface area contributed by atoms with Crippen molar-refractivity contribution in [3.8, 4) is 5.75 Å². The van der Waals surface area contributed by atoms with Crippen LogP contribution in [-0.4, -0.2) is 18.5 Å². The topological polar surface area (TPSA) is 90.7 Å². The van der Waals surface area contributed by atoms with Crippen LogP contribution in [-0.2, 0) is 4.79 Å². The number of aliphatic imine (C=N–C) groups is 1. The zero-order chi connectivity index (χ0) is 11.8. The van der Waals surface area contributed by atoms with Gasteiger partial charge in [-0.3, -0.25) is 4.79 Å². The Balaban J connectivity index is 2.18. The third-order valence-corrected chi connectivity index (χ3v) is 1.80. The first-order valence-corrected chi connectivity index (χ1v) is 4.99. The standard InChI is InChI=1S/C11H15N3O2/c12-11(13)14-10(15)7-4-8-16-9-5-2-1-3-6-9/h1-3,5-6H,4,7-8H2,(H4,12,13,14,15). The van der Waals surface area contributed by atoms with Gasteiger partial charge in [-0.2, -0.15) is 4.99 Å². The quantitative estimate of drug-likeness (QED) is 0.434. The van der Waals surface area contributed by atoms with Crippen molar-refractivity contribution < 1.29 is 9.53 Å². The van der Waals surface area contributed by atoms with Crippen LogP contribution in [0.15, 0.2) is 35.3 Å². The number of carbonyl (C=O) groups excluding carboxylic acids is 1. The summed E-state index contributed by atoms with van der Waals surface area (Å²) >= 11 is 0. The summed E-state index contributed by atoms with van der Waals surface area (Å²) in [6.07, 6.45) is 0.870. The molecule has 0 saturated carbocycles. The third-order valence-electron chi connectivity index (χ3n) is 1.80. The summed E-state index contributed by atoms with van der Waals surface area (Å²) in [7, 11) is 0. The summed E-state index contributed by atoms with van der Waals surface area (Å²) in [5.41, 5.74) is 10.1. The average Bonchev–Trinajstić information content (AvgIpc) is 2.25. The molecule has 0 fully saturated rings. The predicted octanol–water partition coefficient (Wildman–Crippen LogP) is 0.646. The number of carbonyl (C=O) groups is 1. The van der Waals surface area contributed by atoms with Gasteiger partial charge in [-0.15, -0.1) is 0 Å². The maximum Gasteiger partial charge on any atom is 0.248 e. The summed E-state index contributed by atoms with van der Waals surface area (Å²) in [4.78, 5) is 14.5. The van der Waals surface area contributed by atoms with Crippen LogP contribution in [0.25, 0.3) is 0 Å². The van der Waals surface area contributed by atoms with Gasteiger partial charge in [-0.25, -0.2) is 0 Å². The highest BCUT2D eigenvalue weighted by atomic mass is 16.5. The summed E-state index contributed by atoms with van der Waals surface area (Å²) in [5.74, 6) is 0.266. The van der Waals surface area contributed by atoms with E-state index in [2.05, 4.69) is 4.99 Å². The lowest BCUT2D eigenvalue weighted by atomic mass is 10.3. The van der Waals surface area contributed by atoms with Gasteiger partial charge in [0.1, 0.15) is 5.75 Å². The molecule has 0 aliphatic carbocycles. The zero-order valence-corrected chi connectivity index (χ0v) is 8.93. The molecule has 0 spiro atoms. The van der Waals surface area contributed by atoms with Gasteiger partial charge in [0.05, 0.1) is 6.61 Å². The number of hydrogen-bond donors (Lipinski definition) is 2. The third kappa shape index (κ3) is 4.99. The summed E-state index contributed by atoms with van der Waals surface area (Å²) in [5, 5.41) is 0. The molecule has 1 aromatic carbocycles. The molecule has 0 aliphatic rings. The minimum atomic E-state index is -0.323. The smallest absolute Gasteiger partial charge is 0.248 e. The van der Waals surface area contributed by atoms with E-state index in [0.29, 0.717) is 13.0 Å². The molecular weight excluding hydrogens is 206 g/mol. The van der Waals surface area contributed by atoms with Gasteiger partial charge in [0.15, 0.2) is 5.96 Å². The number of benzene rings is 1. The van der Waals surface area contributed by atoms with Crippen LogP contribution >= 0.6 is 0 Å². The fourth-order valence-corrected chi connectivity index (χ4v) is 1.13. The maximum absolute atomic E-state index is 11.1. The Labute approximate surface area is 94.1 Å². The van der Waals surface area contributed by atoms with Crippen LogP contribution in [0.4, 0.5) is 0 Å². The van der Waals surface area contributed by atoms with E-state index in [9.17, 15) is 4.79 Å². The number of nitrogens with two attached hydrogens (primary N) is 2. The molecule has 0 aliphatic heterocycles. The highest BCUT2D eigenvalue weighted by molar-refractivity contribution is 5.91.